The van der Waals surface area contributed by atoms with Crippen molar-refractivity contribution in [2.24, 2.45) is 0 Å². The highest BCUT2D eigenvalue weighted by Crippen LogP contribution is 2.24. The fourth-order valence-corrected chi connectivity index (χ4v) is 3.39. The number of nitrogens with zero attached hydrogens (tertiary/aromatic N) is 5. The molecule has 1 amide bonds. The maximum absolute atomic E-state index is 12.8. The van der Waals surface area contributed by atoms with Crippen LogP contribution < -0.4 is 9.64 Å². The maximum atomic E-state index is 12.8. The monoisotopic (exact) mass is 409 g/mol. The Morgan fingerprint density at radius 1 is 1.10 bits per heavy atom. The summed E-state index contributed by atoms with van der Waals surface area (Å²) in [7, 11) is 1.58. The molecular formula is C21H23N5O4. The van der Waals surface area contributed by atoms with Gasteiger partial charge < -0.3 is 19.6 Å². The minimum atomic E-state index is -0.250. The quantitative estimate of drug-likeness (QED) is 0.655. The summed E-state index contributed by atoms with van der Waals surface area (Å²) in [4.78, 5) is 38.3. The number of para-hydroxylation sites is 1. The zero-order valence-electron chi connectivity index (χ0n) is 16.6. The second kappa shape index (κ2) is 10.1. The molecule has 9 nitrogen and oxygen atoms in total. The van der Waals surface area contributed by atoms with Crippen LogP contribution in [0.5, 0.6) is 5.75 Å². The topological polar surface area (TPSA) is 109 Å². The molecule has 0 atom stereocenters. The minimum Gasteiger partial charge on any atom is -0.497 e. The van der Waals surface area contributed by atoms with Gasteiger partial charge in [-0.05, 0) is 24.6 Å². The standard InChI is InChI=1S/C20H21N5O2.CH2O2/c1-27-15-7-8-21-18(13-15)20(26)25-10-4-9-24(11-12-25)19-16-5-2-3-6-17(16)22-14-23-19;2-1-3/h2-3,5-8,13-14H,4,9-12H2,1H3;1H,(H,2,3). The Bertz CT molecular complexity index is 1010. The molecule has 0 bridgehead atoms. The molecule has 9 heteroatoms. The molecule has 1 aliphatic rings. The summed E-state index contributed by atoms with van der Waals surface area (Å²) in [5.74, 6) is 1.50. The number of anilines is 1. The number of fused-ring (bicyclic) bond motifs is 1. The van der Waals surface area contributed by atoms with E-state index in [1.165, 1.54) is 0 Å². The van der Waals surface area contributed by atoms with E-state index in [0.29, 0.717) is 24.5 Å². The lowest BCUT2D eigenvalue weighted by Gasteiger charge is -2.23. The average Bonchev–Trinajstić information content (AvgIpc) is 3.05. The number of aromatic nitrogens is 3. The SMILES string of the molecule is COc1ccnc(C(=O)N2CCCN(c3ncnc4ccccc34)CC2)c1.O=CO. The number of hydrogen-bond donors (Lipinski definition) is 1. The summed E-state index contributed by atoms with van der Waals surface area (Å²) < 4.78 is 5.20. The number of rotatable bonds is 3. The number of hydrogen-bond acceptors (Lipinski definition) is 7. The number of methoxy groups -OCH3 is 1. The van der Waals surface area contributed by atoms with Gasteiger partial charge in [0.25, 0.3) is 12.4 Å². The average molecular weight is 409 g/mol. The van der Waals surface area contributed by atoms with Gasteiger partial charge in [-0.15, -0.1) is 0 Å². The van der Waals surface area contributed by atoms with Gasteiger partial charge in [0.05, 0.1) is 12.6 Å². The van der Waals surface area contributed by atoms with E-state index < -0.39 is 0 Å². The van der Waals surface area contributed by atoms with Gasteiger partial charge in [-0.2, -0.15) is 0 Å². The molecule has 1 aromatic carbocycles. The minimum absolute atomic E-state index is 0.0664. The number of benzene rings is 1. The molecule has 1 N–H and O–H groups in total. The van der Waals surface area contributed by atoms with Crippen LogP contribution in [-0.4, -0.2) is 70.6 Å². The summed E-state index contributed by atoms with van der Waals surface area (Å²) in [6.07, 6.45) is 4.07. The molecule has 4 rings (SSSR count). The van der Waals surface area contributed by atoms with Crippen LogP contribution in [0.4, 0.5) is 5.82 Å². The third-order valence-corrected chi connectivity index (χ3v) is 4.79. The third-order valence-electron chi connectivity index (χ3n) is 4.79. The van der Waals surface area contributed by atoms with Crippen molar-refractivity contribution in [1.29, 1.82) is 0 Å². The van der Waals surface area contributed by atoms with Gasteiger partial charge >= 0.3 is 0 Å². The van der Waals surface area contributed by atoms with Gasteiger partial charge in [-0.3, -0.25) is 14.6 Å². The molecule has 1 fully saturated rings. The van der Waals surface area contributed by atoms with Gasteiger partial charge in [-0.1, -0.05) is 12.1 Å². The van der Waals surface area contributed by atoms with E-state index in [-0.39, 0.29) is 12.4 Å². The van der Waals surface area contributed by atoms with Gasteiger partial charge in [0.15, 0.2) is 0 Å². The molecule has 30 heavy (non-hydrogen) atoms. The fraction of sp³-hybridized carbons (Fsp3) is 0.286. The molecule has 0 aliphatic carbocycles. The van der Waals surface area contributed by atoms with Gasteiger partial charge in [0.2, 0.25) is 0 Å². The summed E-state index contributed by atoms with van der Waals surface area (Å²) in [5, 5.41) is 7.93. The first-order valence-electron chi connectivity index (χ1n) is 9.49. The zero-order valence-corrected chi connectivity index (χ0v) is 16.6. The molecule has 0 spiro atoms. The largest absolute Gasteiger partial charge is 0.497 e. The normalized spacial score (nSPS) is 13.8. The van der Waals surface area contributed by atoms with E-state index in [2.05, 4.69) is 19.9 Å². The fourth-order valence-electron chi connectivity index (χ4n) is 3.39. The van der Waals surface area contributed by atoms with Crippen molar-refractivity contribution in [1.82, 2.24) is 19.9 Å². The van der Waals surface area contributed by atoms with E-state index in [1.54, 1.807) is 31.8 Å². The van der Waals surface area contributed by atoms with Crippen molar-refractivity contribution in [2.75, 3.05) is 38.2 Å². The highest BCUT2D eigenvalue weighted by molar-refractivity contribution is 5.93. The zero-order chi connectivity index (χ0) is 21.3. The molecule has 3 heterocycles. The first kappa shape index (κ1) is 21.0. The maximum Gasteiger partial charge on any atom is 0.290 e. The second-order valence-corrected chi connectivity index (χ2v) is 6.53. The van der Waals surface area contributed by atoms with Crippen LogP contribution in [0.25, 0.3) is 10.9 Å². The number of pyridine rings is 1. The molecule has 1 saturated heterocycles. The van der Waals surface area contributed by atoms with Gasteiger partial charge in [0, 0.05) is 43.8 Å². The van der Waals surface area contributed by atoms with Crippen molar-refractivity contribution >= 4 is 29.1 Å². The molecule has 0 saturated carbocycles. The molecule has 2 aromatic heterocycles. The Kier molecular flexibility index (Phi) is 7.09. The summed E-state index contributed by atoms with van der Waals surface area (Å²) >= 11 is 0. The number of carbonyl (C=O) groups is 2. The van der Waals surface area contributed by atoms with Crippen molar-refractivity contribution in [3.05, 3.63) is 54.6 Å². The van der Waals surface area contributed by atoms with Crippen LogP contribution in [0.3, 0.4) is 0 Å². The molecule has 1 aliphatic heterocycles. The molecule has 156 valence electrons. The number of ether oxygens (including phenoxy) is 1. The van der Waals surface area contributed by atoms with E-state index in [9.17, 15) is 4.79 Å². The summed E-state index contributed by atoms with van der Waals surface area (Å²) in [6, 6.07) is 11.4. The smallest absolute Gasteiger partial charge is 0.290 e. The summed E-state index contributed by atoms with van der Waals surface area (Å²) in [6.45, 7) is 2.63. The Morgan fingerprint density at radius 3 is 2.70 bits per heavy atom. The van der Waals surface area contributed by atoms with E-state index in [4.69, 9.17) is 14.6 Å². The van der Waals surface area contributed by atoms with Gasteiger partial charge in [0.1, 0.15) is 23.6 Å². The van der Waals surface area contributed by atoms with E-state index in [0.717, 1.165) is 36.2 Å². The second-order valence-electron chi connectivity index (χ2n) is 6.53. The van der Waals surface area contributed by atoms with Crippen LogP contribution in [0, 0.1) is 0 Å². The number of amides is 1. The van der Waals surface area contributed by atoms with Crippen LogP contribution in [0.1, 0.15) is 16.9 Å². The Morgan fingerprint density at radius 2 is 1.90 bits per heavy atom. The highest BCUT2D eigenvalue weighted by atomic mass is 16.5. The Balaban J connectivity index is 0.000000806. The lowest BCUT2D eigenvalue weighted by Crippen LogP contribution is -2.35. The lowest BCUT2D eigenvalue weighted by atomic mass is 10.2. The van der Waals surface area contributed by atoms with Crippen molar-refractivity contribution < 1.29 is 19.4 Å². The molecule has 0 unspecified atom stereocenters. The highest BCUT2D eigenvalue weighted by Gasteiger charge is 2.23. The molecule has 3 aromatic rings. The van der Waals surface area contributed by atoms with Crippen molar-refractivity contribution in [3.8, 4) is 5.75 Å². The van der Waals surface area contributed by atoms with E-state index >= 15 is 0 Å². The third kappa shape index (κ3) is 4.80. The van der Waals surface area contributed by atoms with E-state index in [1.807, 2.05) is 29.2 Å². The predicted octanol–water partition coefficient (Wildman–Crippen LogP) is 2.09. The Labute approximate surface area is 173 Å². The van der Waals surface area contributed by atoms with Crippen molar-refractivity contribution in [3.63, 3.8) is 0 Å². The first-order valence-corrected chi connectivity index (χ1v) is 9.49. The summed E-state index contributed by atoms with van der Waals surface area (Å²) in [5.41, 5.74) is 1.34. The molecule has 0 radical (unpaired) electrons. The Hall–Kier alpha value is -3.75. The predicted molar refractivity (Wildman–Crippen MR) is 112 cm³/mol. The van der Waals surface area contributed by atoms with Crippen LogP contribution in [0.15, 0.2) is 48.9 Å². The number of carboxylic acid groups (broad SMARTS) is 1. The van der Waals surface area contributed by atoms with Crippen molar-refractivity contribution in [2.45, 2.75) is 6.42 Å². The van der Waals surface area contributed by atoms with Crippen LogP contribution in [-0.2, 0) is 4.79 Å². The van der Waals surface area contributed by atoms with Gasteiger partial charge in [-0.25, -0.2) is 9.97 Å². The van der Waals surface area contributed by atoms with Crippen LogP contribution in [0.2, 0.25) is 0 Å². The number of carbonyl (C=O) groups excluding carboxylic acids is 1. The lowest BCUT2D eigenvalue weighted by molar-refractivity contribution is -0.122. The van der Waals surface area contributed by atoms with Crippen LogP contribution >= 0.6 is 0 Å². The molecular weight excluding hydrogens is 386 g/mol. The first-order chi connectivity index (χ1) is 14.7.